The van der Waals surface area contributed by atoms with Crippen LogP contribution in [0, 0.1) is 0 Å². The van der Waals surface area contributed by atoms with Crippen LogP contribution in [0.25, 0.3) is 0 Å². The fraction of sp³-hybridized carbons (Fsp3) is 0.583. The van der Waals surface area contributed by atoms with Gasteiger partial charge in [-0.1, -0.05) is 0 Å². The number of nitrogen functional groups attached to an aromatic ring is 1. The van der Waals surface area contributed by atoms with Crippen LogP contribution in [-0.2, 0) is 4.74 Å². The van der Waals surface area contributed by atoms with E-state index < -0.39 is 0 Å². The van der Waals surface area contributed by atoms with Crippen molar-refractivity contribution in [3.05, 3.63) is 12.1 Å². The van der Waals surface area contributed by atoms with E-state index in [0.717, 1.165) is 32.1 Å². The molecule has 0 saturated heterocycles. The number of hydrogen-bond acceptors (Lipinski definition) is 6. The third kappa shape index (κ3) is 4.77. The maximum Gasteiger partial charge on any atom is 0.238 e. The molecule has 0 unspecified atom stereocenters. The molecular formula is C12H22N4O2. The van der Waals surface area contributed by atoms with E-state index >= 15 is 0 Å². The minimum atomic E-state index is 0.452. The highest BCUT2D eigenvalue weighted by atomic mass is 16.5. The topological polar surface area (TPSA) is 72.6 Å². The molecule has 0 radical (unpaired) electrons. The molecule has 6 nitrogen and oxygen atoms in total. The van der Waals surface area contributed by atoms with Gasteiger partial charge in [0.15, 0.2) is 0 Å². The number of aromatic nitrogens is 1. The van der Waals surface area contributed by atoms with Gasteiger partial charge in [-0.3, -0.25) is 0 Å². The standard InChI is InChI=1S/C12H22N4O2/c1-16(8-9-17-2)7-6-14-11-5-4-10(13)12(15-11)18-3/h4-5H,6-9,13H2,1-3H3,(H,14,15). The van der Waals surface area contributed by atoms with E-state index in [9.17, 15) is 0 Å². The predicted molar refractivity (Wildman–Crippen MR) is 73.1 cm³/mol. The molecule has 0 aliphatic heterocycles. The summed E-state index contributed by atoms with van der Waals surface area (Å²) in [5, 5.41) is 3.22. The summed E-state index contributed by atoms with van der Waals surface area (Å²) in [6, 6.07) is 3.62. The Kier molecular flexibility index (Phi) is 6.24. The van der Waals surface area contributed by atoms with Crippen molar-refractivity contribution in [3.8, 4) is 5.88 Å². The Balaban J connectivity index is 2.35. The van der Waals surface area contributed by atoms with Crippen LogP contribution in [0.1, 0.15) is 0 Å². The zero-order valence-corrected chi connectivity index (χ0v) is 11.3. The molecule has 0 fully saturated rings. The van der Waals surface area contributed by atoms with E-state index in [0.29, 0.717) is 11.6 Å². The number of hydrogen-bond donors (Lipinski definition) is 2. The minimum Gasteiger partial charge on any atom is -0.479 e. The lowest BCUT2D eigenvalue weighted by atomic mass is 10.4. The number of nitrogens with one attached hydrogen (secondary N) is 1. The van der Waals surface area contributed by atoms with Gasteiger partial charge in [-0.2, -0.15) is 4.98 Å². The minimum absolute atomic E-state index is 0.452. The monoisotopic (exact) mass is 254 g/mol. The van der Waals surface area contributed by atoms with Crippen LogP contribution in [0.2, 0.25) is 0 Å². The summed E-state index contributed by atoms with van der Waals surface area (Å²) in [5.74, 6) is 1.22. The number of nitrogens with zero attached hydrogens (tertiary/aromatic N) is 2. The van der Waals surface area contributed by atoms with Crippen LogP contribution in [0.4, 0.5) is 11.5 Å². The number of ether oxygens (including phenoxy) is 2. The summed E-state index contributed by atoms with van der Waals surface area (Å²) in [6.45, 7) is 3.37. The number of anilines is 2. The molecule has 0 aliphatic rings. The molecule has 0 spiro atoms. The van der Waals surface area contributed by atoms with Gasteiger partial charge < -0.3 is 25.4 Å². The van der Waals surface area contributed by atoms with Gasteiger partial charge in [0.1, 0.15) is 5.82 Å². The van der Waals surface area contributed by atoms with Crippen LogP contribution < -0.4 is 15.8 Å². The average molecular weight is 254 g/mol. The average Bonchev–Trinajstić information content (AvgIpc) is 2.38. The Hall–Kier alpha value is -1.53. The van der Waals surface area contributed by atoms with Gasteiger partial charge in [-0.25, -0.2) is 0 Å². The summed E-state index contributed by atoms with van der Waals surface area (Å²) in [4.78, 5) is 6.43. The second-order valence-corrected chi connectivity index (χ2v) is 4.02. The smallest absolute Gasteiger partial charge is 0.238 e. The van der Waals surface area contributed by atoms with Crippen LogP contribution in [0.3, 0.4) is 0 Å². The number of pyridine rings is 1. The first-order chi connectivity index (χ1) is 8.67. The van der Waals surface area contributed by atoms with Crippen molar-refractivity contribution in [1.82, 2.24) is 9.88 Å². The van der Waals surface area contributed by atoms with E-state index in [1.54, 1.807) is 20.3 Å². The second-order valence-electron chi connectivity index (χ2n) is 4.02. The summed E-state index contributed by atoms with van der Waals surface area (Å²) in [6.07, 6.45) is 0. The molecule has 0 bridgehead atoms. The Morgan fingerprint density at radius 3 is 2.78 bits per heavy atom. The first kappa shape index (κ1) is 14.5. The Morgan fingerprint density at radius 1 is 1.33 bits per heavy atom. The molecular weight excluding hydrogens is 232 g/mol. The van der Waals surface area contributed by atoms with Gasteiger partial charge in [0.2, 0.25) is 5.88 Å². The van der Waals surface area contributed by atoms with Gasteiger partial charge in [-0.05, 0) is 19.2 Å². The van der Waals surface area contributed by atoms with E-state index in [1.807, 2.05) is 6.07 Å². The first-order valence-electron chi connectivity index (χ1n) is 5.89. The Labute approximate surface area is 108 Å². The Morgan fingerprint density at radius 2 is 2.11 bits per heavy atom. The molecule has 0 aliphatic carbocycles. The van der Waals surface area contributed by atoms with E-state index in [4.69, 9.17) is 15.2 Å². The molecule has 1 heterocycles. The summed E-state index contributed by atoms with van der Waals surface area (Å²) < 4.78 is 10.1. The highest BCUT2D eigenvalue weighted by molar-refractivity contribution is 5.53. The van der Waals surface area contributed by atoms with Gasteiger partial charge >= 0.3 is 0 Å². The van der Waals surface area contributed by atoms with E-state index in [2.05, 4.69) is 22.2 Å². The number of nitrogens with two attached hydrogens (primary N) is 1. The maximum absolute atomic E-state index is 5.69. The zero-order valence-electron chi connectivity index (χ0n) is 11.3. The lowest BCUT2D eigenvalue weighted by molar-refractivity contribution is 0.163. The van der Waals surface area contributed by atoms with Crippen LogP contribution in [0.15, 0.2) is 12.1 Å². The van der Waals surface area contributed by atoms with Crippen LogP contribution in [-0.4, -0.2) is 57.4 Å². The summed E-state index contributed by atoms with van der Waals surface area (Å²) >= 11 is 0. The van der Waals surface area contributed by atoms with Crippen LogP contribution in [0.5, 0.6) is 5.88 Å². The largest absolute Gasteiger partial charge is 0.479 e. The van der Waals surface area contributed by atoms with Crippen molar-refractivity contribution in [2.24, 2.45) is 0 Å². The molecule has 1 aromatic heterocycles. The van der Waals surface area contributed by atoms with Gasteiger partial charge in [0.25, 0.3) is 0 Å². The van der Waals surface area contributed by atoms with Crippen molar-refractivity contribution < 1.29 is 9.47 Å². The number of methoxy groups -OCH3 is 2. The molecule has 18 heavy (non-hydrogen) atoms. The summed E-state index contributed by atoms with van der Waals surface area (Å²) in [7, 11) is 5.31. The van der Waals surface area contributed by atoms with Crippen molar-refractivity contribution in [3.63, 3.8) is 0 Å². The quantitative estimate of drug-likeness (QED) is 0.710. The zero-order chi connectivity index (χ0) is 13.4. The molecule has 0 aromatic carbocycles. The maximum atomic E-state index is 5.69. The first-order valence-corrected chi connectivity index (χ1v) is 5.89. The van der Waals surface area contributed by atoms with E-state index in [-0.39, 0.29) is 0 Å². The third-order valence-corrected chi connectivity index (χ3v) is 2.56. The van der Waals surface area contributed by atoms with Gasteiger partial charge in [0, 0.05) is 26.7 Å². The molecule has 1 aromatic rings. The van der Waals surface area contributed by atoms with Gasteiger partial charge in [0.05, 0.1) is 19.4 Å². The highest BCUT2D eigenvalue weighted by Crippen LogP contribution is 2.19. The lowest BCUT2D eigenvalue weighted by Crippen LogP contribution is -2.28. The van der Waals surface area contributed by atoms with E-state index in [1.165, 1.54) is 0 Å². The summed E-state index contributed by atoms with van der Waals surface area (Å²) in [5.41, 5.74) is 6.24. The normalized spacial score (nSPS) is 10.7. The van der Waals surface area contributed by atoms with Crippen molar-refractivity contribution >= 4 is 11.5 Å². The fourth-order valence-electron chi connectivity index (χ4n) is 1.45. The highest BCUT2D eigenvalue weighted by Gasteiger charge is 2.03. The second kappa shape index (κ2) is 7.73. The number of rotatable bonds is 8. The molecule has 3 N–H and O–H groups in total. The van der Waals surface area contributed by atoms with Crippen molar-refractivity contribution in [1.29, 1.82) is 0 Å². The van der Waals surface area contributed by atoms with Crippen molar-refractivity contribution in [2.75, 3.05) is 58.6 Å². The molecule has 1 rings (SSSR count). The third-order valence-electron chi connectivity index (χ3n) is 2.56. The molecule has 102 valence electrons. The molecule has 0 saturated carbocycles. The Bertz CT molecular complexity index is 360. The lowest BCUT2D eigenvalue weighted by Gasteiger charge is -2.16. The molecule has 6 heteroatoms. The van der Waals surface area contributed by atoms with Gasteiger partial charge in [-0.15, -0.1) is 0 Å². The van der Waals surface area contributed by atoms with Crippen molar-refractivity contribution in [2.45, 2.75) is 0 Å². The number of likely N-dealkylation sites (N-methyl/N-ethyl adjacent to an activating group) is 1. The van der Waals surface area contributed by atoms with Crippen LogP contribution >= 0.6 is 0 Å². The SMILES string of the molecule is COCCN(C)CCNc1ccc(N)c(OC)n1. The molecule has 0 atom stereocenters. The fourth-order valence-corrected chi connectivity index (χ4v) is 1.45. The molecule has 0 amide bonds. The predicted octanol–water partition coefficient (Wildman–Crippen LogP) is 0.663.